The van der Waals surface area contributed by atoms with Gasteiger partial charge in [0.05, 0.1) is 10.0 Å². The average molecular weight is 363 g/mol. The second kappa shape index (κ2) is 7.56. The predicted octanol–water partition coefficient (Wildman–Crippen LogP) is 4.85. The summed E-state index contributed by atoms with van der Waals surface area (Å²) in [6.07, 6.45) is 0.846. The van der Waals surface area contributed by atoms with Gasteiger partial charge in [-0.1, -0.05) is 54.4 Å². The Morgan fingerprint density at radius 3 is 2.71 bits per heavy atom. The molecule has 3 rings (SSSR count). The SMILES string of the molecule is CCNCc1ccccc1NC(=O)C1CC1c1ccc(Cl)c(Cl)c1. The summed E-state index contributed by atoms with van der Waals surface area (Å²) < 4.78 is 0. The van der Waals surface area contributed by atoms with Crippen molar-refractivity contribution >= 4 is 34.8 Å². The molecule has 1 aliphatic carbocycles. The predicted molar refractivity (Wildman–Crippen MR) is 99.8 cm³/mol. The number of para-hydroxylation sites is 1. The smallest absolute Gasteiger partial charge is 0.228 e. The first-order valence-electron chi connectivity index (χ1n) is 8.14. The van der Waals surface area contributed by atoms with Crippen LogP contribution in [-0.2, 0) is 11.3 Å². The Bertz CT molecular complexity index is 748. The second-order valence-electron chi connectivity index (χ2n) is 6.05. The summed E-state index contributed by atoms with van der Waals surface area (Å²) in [5.74, 6) is 0.283. The molecule has 24 heavy (non-hydrogen) atoms. The number of hydrogen-bond donors (Lipinski definition) is 2. The minimum atomic E-state index is -0.00515. The third-order valence-electron chi connectivity index (χ3n) is 4.34. The van der Waals surface area contributed by atoms with Crippen LogP contribution in [-0.4, -0.2) is 12.5 Å². The largest absolute Gasteiger partial charge is 0.326 e. The number of benzene rings is 2. The second-order valence-corrected chi connectivity index (χ2v) is 6.86. The van der Waals surface area contributed by atoms with Gasteiger partial charge in [-0.05, 0) is 48.2 Å². The van der Waals surface area contributed by atoms with Gasteiger partial charge < -0.3 is 10.6 Å². The van der Waals surface area contributed by atoms with Crippen molar-refractivity contribution in [3.05, 3.63) is 63.6 Å². The zero-order valence-electron chi connectivity index (χ0n) is 13.5. The normalized spacial score (nSPS) is 19.1. The topological polar surface area (TPSA) is 41.1 Å². The Morgan fingerprint density at radius 2 is 1.96 bits per heavy atom. The van der Waals surface area contributed by atoms with Crippen LogP contribution in [0.5, 0.6) is 0 Å². The lowest BCUT2D eigenvalue weighted by molar-refractivity contribution is -0.117. The van der Waals surface area contributed by atoms with Crippen LogP contribution in [0.3, 0.4) is 0 Å². The summed E-state index contributed by atoms with van der Waals surface area (Å²) in [5, 5.41) is 7.44. The van der Waals surface area contributed by atoms with E-state index in [1.165, 1.54) is 0 Å². The van der Waals surface area contributed by atoms with Gasteiger partial charge in [0.15, 0.2) is 0 Å². The molecule has 0 radical (unpaired) electrons. The van der Waals surface area contributed by atoms with Crippen molar-refractivity contribution in [1.29, 1.82) is 0 Å². The Labute approximate surface area is 152 Å². The van der Waals surface area contributed by atoms with E-state index in [1.54, 1.807) is 6.07 Å². The van der Waals surface area contributed by atoms with Crippen molar-refractivity contribution in [2.45, 2.75) is 25.8 Å². The molecular formula is C19H20Cl2N2O. The molecule has 3 nitrogen and oxygen atoms in total. The maximum atomic E-state index is 12.5. The van der Waals surface area contributed by atoms with E-state index in [2.05, 4.69) is 17.6 Å². The Hall–Kier alpha value is -1.55. The van der Waals surface area contributed by atoms with Gasteiger partial charge in [0.2, 0.25) is 5.91 Å². The van der Waals surface area contributed by atoms with Crippen LogP contribution in [0, 0.1) is 5.92 Å². The van der Waals surface area contributed by atoms with Crippen LogP contribution < -0.4 is 10.6 Å². The van der Waals surface area contributed by atoms with Gasteiger partial charge in [0, 0.05) is 18.2 Å². The van der Waals surface area contributed by atoms with Crippen molar-refractivity contribution in [1.82, 2.24) is 5.32 Å². The molecule has 0 saturated heterocycles. The van der Waals surface area contributed by atoms with E-state index >= 15 is 0 Å². The minimum absolute atomic E-state index is 0.00515. The molecule has 0 bridgehead atoms. The van der Waals surface area contributed by atoms with Gasteiger partial charge >= 0.3 is 0 Å². The first-order valence-corrected chi connectivity index (χ1v) is 8.90. The average Bonchev–Trinajstić information content (AvgIpc) is 3.37. The number of carbonyl (C=O) groups excluding carboxylic acids is 1. The maximum Gasteiger partial charge on any atom is 0.228 e. The maximum absolute atomic E-state index is 12.5. The number of anilines is 1. The van der Waals surface area contributed by atoms with Gasteiger partial charge in [-0.25, -0.2) is 0 Å². The summed E-state index contributed by atoms with van der Waals surface area (Å²) >= 11 is 12.0. The highest BCUT2D eigenvalue weighted by Crippen LogP contribution is 2.49. The van der Waals surface area contributed by atoms with E-state index in [0.717, 1.165) is 36.3 Å². The number of halogens is 2. The van der Waals surface area contributed by atoms with Gasteiger partial charge in [0.25, 0.3) is 0 Å². The van der Waals surface area contributed by atoms with E-state index in [0.29, 0.717) is 10.0 Å². The number of nitrogens with one attached hydrogen (secondary N) is 2. The standard InChI is InChI=1S/C19H20Cl2N2O/c1-2-22-11-13-5-3-4-6-18(13)23-19(24)15-10-14(15)12-7-8-16(20)17(21)9-12/h3-9,14-15,22H,2,10-11H2,1H3,(H,23,24). The number of amides is 1. The molecule has 1 aliphatic rings. The minimum Gasteiger partial charge on any atom is -0.326 e. The van der Waals surface area contributed by atoms with E-state index in [4.69, 9.17) is 23.2 Å². The molecule has 2 N–H and O–H groups in total. The van der Waals surface area contributed by atoms with Crippen LogP contribution in [0.15, 0.2) is 42.5 Å². The van der Waals surface area contributed by atoms with E-state index in [9.17, 15) is 4.79 Å². The number of hydrogen-bond acceptors (Lipinski definition) is 2. The van der Waals surface area contributed by atoms with Crippen molar-refractivity contribution in [3.63, 3.8) is 0 Å². The van der Waals surface area contributed by atoms with Gasteiger partial charge in [-0.2, -0.15) is 0 Å². The molecule has 1 amide bonds. The highest BCUT2D eigenvalue weighted by molar-refractivity contribution is 6.42. The zero-order chi connectivity index (χ0) is 17.1. The lowest BCUT2D eigenvalue weighted by Gasteiger charge is -2.11. The van der Waals surface area contributed by atoms with E-state index in [1.807, 2.05) is 36.4 Å². The number of carbonyl (C=O) groups is 1. The van der Waals surface area contributed by atoms with Gasteiger partial charge in [-0.15, -0.1) is 0 Å². The molecule has 2 atom stereocenters. The van der Waals surface area contributed by atoms with Crippen LogP contribution in [0.4, 0.5) is 5.69 Å². The quantitative estimate of drug-likeness (QED) is 0.771. The summed E-state index contributed by atoms with van der Waals surface area (Å²) in [5.41, 5.74) is 3.05. The molecule has 1 saturated carbocycles. The van der Waals surface area contributed by atoms with Crippen molar-refractivity contribution in [2.75, 3.05) is 11.9 Å². The molecule has 0 aromatic heterocycles. The van der Waals surface area contributed by atoms with E-state index < -0.39 is 0 Å². The van der Waals surface area contributed by atoms with Gasteiger partial charge in [-0.3, -0.25) is 4.79 Å². The molecular weight excluding hydrogens is 343 g/mol. The molecule has 2 aromatic carbocycles. The lowest BCUT2D eigenvalue weighted by Crippen LogP contribution is -2.18. The molecule has 126 valence electrons. The monoisotopic (exact) mass is 362 g/mol. The van der Waals surface area contributed by atoms with Crippen molar-refractivity contribution in [2.24, 2.45) is 5.92 Å². The summed E-state index contributed by atoms with van der Waals surface area (Å²) in [6, 6.07) is 13.5. The Morgan fingerprint density at radius 1 is 1.17 bits per heavy atom. The fraction of sp³-hybridized carbons (Fsp3) is 0.316. The van der Waals surface area contributed by atoms with Crippen molar-refractivity contribution in [3.8, 4) is 0 Å². The molecule has 2 aromatic rings. The first kappa shape index (κ1) is 17.3. The summed E-state index contributed by atoms with van der Waals surface area (Å²) in [6.45, 7) is 3.70. The molecule has 1 fully saturated rings. The molecule has 2 unspecified atom stereocenters. The van der Waals surface area contributed by atoms with Crippen LogP contribution in [0.2, 0.25) is 10.0 Å². The highest BCUT2D eigenvalue weighted by atomic mass is 35.5. The third-order valence-corrected chi connectivity index (χ3v) is 5.08. The molecule has 0 aliphatic heterocycles. The van der Waals surface area contributed by atoms with Crippen LogP contribution >= 0.6 is 23.2 Å². The fourth-order valence-corrected chi connectivity index (χ4v) is 3.18. The molecule has 0 spiro atoms. The Kier molecular flexibility index (Phi) is 5.44. The highest BCUT2D eigenvalue weighted by Gasteiger charge is 2.44. The third kappa shape index (κ3) is 3.92. The van der Waals surface area contributed by atoms with Crippen LogP contribution in [0.1, 0.15) is 30.4 Å². The first-order chi connectivity index (χ1) is 11.6. The molecule has 0 heterocycles. The zero-order valence-corrected chi connectivity index (χ0v) is 15.0. The molecule has 5 heteroatoms. The Balaban J connectivity index is 1.66. The number of rotatable bonds is 6. The van der Waals surface area contributed by atoms with Gasteiger partial charge in [0.1, 0.15) is 0 Å². The fourth-order valence-electron chi connectivity index (χ4n) is 2.88. The van der Waals surface area contributed by atoms with Crippen molar-refractivity contribution < 1.29 is 4.79 Å². The lowest BCUT2D eigenvalue weighted by atomic mass is 10.1. The summed E-state index contributed by atoms with van der Waals surface area (Å²) in [4.78, 5) is 12.5. The van der Waals surface area contributed by atoms with Crippen LogP contribution in [0.25, 0.3) is 0 Å². The summed E-state index contributed by atoms with van der Waals surface area (Å²) in [7, 11) is 0. The van der Waals surface area contributed by atoms with E-state index in [-0.39, 0.29) is 17.7 Å².